The van der Waals surface area contributed by atoms with Gasteiger partial charge in [0, 0.05) is 12.5 Å². The van der Waals surface area contributed by atoms with Crippen LogP contribution < -0.4 is 0 Å². The van der Waals surface area contributed by atoms with Gasteiger partial charge >= 0.3 is 0 Å². The van der Waals surface area contributed by atoms with Crippen molar-refractivity contribution in [2.75, 3.05) is 0 Å². The van der Waals surface area contributed by atoms with Crippen LogP contribution in [0.25, 0.3) is 0 Å². The van der Waals surface area contributed by atoms with E-state index in [0.717, 1.165) is 12.8 Å². The minimum absolute atomic E-state index is 0.284. The fraction of sp³-hybridized carbons (Fsp3) is 0.875. The first-order valence-corrected chi connectivity index (χ1v) is 10.3. The molecule has 0 aromatic rings. The summed E-state index contributed by atoms with van der Waals surface area (Å²) in [4.78, 5) is 0. The van der Waals surface area contributed by atoms with E-state index in [9.17, 15) is 0 Å². The third-order valence-electron chi connectivity index (χ3n) is 4.01. The lowest BCUT2D eigenvalue weighted by molar-refractivity contribution is 0.159. The minimum atomic E-state index is -1.65. The Morgan fingerprint density at radius 2 is 1.78 bits per heavy atom. The highest BCUT2D eigenvalue weighted by molar-refractivity contribution is 6.74. The van der Waals surface area contributed by atoms with Crippen molar-refractivity contribution in [2.45, 2.75) is 90.5 Å². The van der Waals surface area contributed by atoms with Crippen LogP contribution in [0.4, 0.5) is 0 Å². The van der Waals surface area contributed by atoms with E-state index in [4.69, 9.17) is 10.8 Å². The molecule has 106 valence electrons. The van der Waals surface area contributed by atoms with Crippen molar-refractivity contribution >= 4 is 8.32 Å². The van der Waals surface area contributed by atoms with Gasteiger partial charge in [-0.3, -0.25) is 0 Å². The summed E-state index contributed by atoms with van der Waals surface area (Å²) in [5.74, 6) is 2.75. The summed E-state index contributed by atoms with van der Waals surface area (Å²) >= 11 is 0. The molecule has 0 aliphatic heterocycles. The molecule has 0 aliphatic carbocycles. The van der Waals surface area contributed by atoms with Crippen LogP contribution in [0.15, 0.2) is 0 Å². The predicted molar refractivity (Wildman–Crippen MR) is 84.3 cm³/mol. The smallest absolute Gasteiger partial charge is 0.192 e. The molecular formula is C16H32OSi. The van der Waals surface area contributed by atoms with Crippen LogP contribution in [0.3, 0.4) is 0 Å². The van der Waals surface area contributed by atoms with E-state index in [-0.39, 0.29) is 5.04 Å². The van der Waals surface area contributed by atoms with Crippen molar-refractivity contribution in [1.82, 2.24) is 0 Å². The van der Waals surface area contributed by atoms with Gasteiger partial charge in [-0.15, -0.1) is 12.3 Å². The molecule has 0 spiro atoms. The Labute approximate surface area is 116 Å². The zero-order valence-corrected chi connectivity index (χ0v) is 14.3. The van der Waals surface area contributed by atoms with Crippen LogP contribution in [-0.4, -0.2) is 14.4 Å². The Hall–Kier alpha value is -0.263. The summed E-state index contributed by atoms with van der Waals surface area (Å²) in [5.41, 5.74) is 0. The van der Waals surface area contributed by atoms with Gasteiger partial charge < -0.3 is 4.43 Å². The minimum Gasteiger partial charge on any atom is -0.414 e. The van der Waals surface area contributed by atoms with Gasteiger partial charge in [0.15, 0.2) is 8.32 Å². The zero-order valence-electron chi connectivity index (χ0n) is 13.3. The average Bonchev–Trinajstić information content (AvgIpc) is 2.24. The van der Waals surface area contributed by atoms with Gasteiger partial charge in [-0.05, 0) is 31.0 Å². The lowest BCUT2D eigenvalue weighted by atomic mass is 10.1. The Morgan fingerprint density at radius 3 is 2.22 bits per heavy atom. The molecule has 0 rings (SSSR count). The number of terminal acetylenes is 1. The fourth-order valence-corrected chi connectivity index (χ4v) is 3.14. The van der Waals surface area contributed by atoms with Gasteiger partial charge in [-0.25, -0.2) is 0 Å². The maximum atomic E-state index is 6.49. The van der Waals surface area contributed by atoms with Crippen LogP contribution in [0, 0.1) is 12.3 Å². The van der Waals surface area contributed by atoms with E-state index in [0.29, 0.717) is 6.10 Å². The first-order chi connectivity index (χ1) is 8.24. The topological polar surface area (TPSA) is 9.23 Å². The quantitative estimate of drug-likeness (QED) is 0.327. The molecule has 1 nitrogen and oxygen atoms in total. The van der Waals surface area contributed by atoms with Gasteiger partial charge in [0.25, 0.3) is 0 Å². The first-order valence-electron chi connectivity index (χ1n) is 7.36. The predicted octanol–water partition coefficient (Wildman–Crippen LogP) is 5.37. The van der Waals surface area contributed by atoms with E-state index in [1.54, 1.807) is 0 Å². The highest BCUT2D eigenvalue weighted by Gasteiger charge is 2.38. The molecule has 0 saturated heterocycles. The van der Waals surface area contributed by atoms with E-state index in [1.807, 2.05) is 0 Å². The molecule has 0 aliphatic rings. The summed E-state index contributed by atoms with van der Waals surface area (Å²) in [6.07, 6.45) is 12.6. The maximum Gasteiger partial charge on any atom is 0.192 e. The SMILES string of the molecule is C#CCCC(CCCCC)O[Si](C)(C)C(C)(C)C. The van der Waals surface area contributed by atoms with Crippen LogP contribution in [0.1, 0.15) is 66.2 Å². The second kappa shape index (κ2) is 8.02. The lowest BCUT2D eigenvalue weighted by Crippen LogP contribution is -2.44. The van der Waals surface area contributed by atoms with Crippen molar-refractivity contribution in [3.8, 4) is 12.3 Å². The van der Waals surface area contributed by atoms with Gasteiger partial charge in [0.2, 0.25) is 0 Å². The van der Waals surface area contributed by atoms with Crippen LogP contribution in [-0.2, 0) is 4.43 Å². The number of hydrogen-bond acceptors (Lipinski definition) is 1. The molecule has 0 radical (unpaired) electrons. The highest BCUT2D eigenvalue weighted by Crippen LogP contribution is 2.38. The zero-order chi connectivity index (χ0) is 14.2. The van der Waals surface area contributed by atoms with Gasteiger partial charge in [0.05, 0.1) is 0 Å². The Bertz CT molecular complexity index is 257. The number of unbranched alkanes of at least 4 members (excludes halogenated alkanes) is 2. The second-order valence-electron chi connectivity index (χ2n) is 6.74. The molecule has 0 aromatic heterocycles. The summed E-state index contributed by atoms with van der Waals surface area (Å²) in [5, 5.41) is 0.284. The molecule has 1 unspecified atom stereocenters. The summed E-state index contributed by atoms with van der Waals surface area (Å²) in [7, 11) is -1.65. The Morgan fingerprint density at radius 1 is 1.17 bits per heavy atom. The second-order valence-corrected chi connectivity index (χ2v) is 11.5. The van der Waals surface area contributed by atoms with E-state index in [2.05, 4.69) is 46.7 Å². The Balaban J connectivity index is 4.43. The Kier molecular flexibility index (Phi) is 7.90. The third-order valence-corrected chi connectivity index (χ3v) is 8.54. The van der Waals surface area contributed by atoms with Crippen molar-refractivity contribution in [3.63, 3.8) is 0 Å². The molecular weight excluding hydrogens is 236 g/mol. The van der Waals surface area contributed by atoms with E-state index < -0.39 is 8.32 Å². The fourth-order valence-electron chi connectivity index (χ4n) is 1.72. The summed E-state index contributed by atoms with van der Waals surface area (Å²) in [6, 6.07) is 0. The van der Waals surface area contributed by atoms with Crippen molar-refractivity contribution in [1.29, 1.82) is 0 Å². The summed E-state index contributed by atoms with van der Waals surface area (Å²) < 4.78 is 6.49. The van der Waals surface area contributed by atoms with Crippen LogP contribution in [0.5, 0.6) is 0 Å². The summed E-state index contributed by atoms with van der Waals surface area (Å²) in [6.45, 7) is 13.8. The molecule has 0 bridgehead atoms. The number of hydrogen-bond donors (Lipinski definition) is 0. The van der Waals surface area contributed by atoms with Gasteiger partial charge in [0.1, 0.15) is 0 Å². The van der Waals surface area contributed by atoms with E-state index in [1.165, 1.54) is 25.7 Å². The molecule has 0 N–H and O–H groups in total. The molecule has 0 fully saturated rings. The monoisotopic (exact) mass is 268 g/mol. The van der Waals surface area contributed by atoms with Crippen LogP contribution >= 0.6 is 0 Å². The van der Waals surface area contributed by atoms with Crippen LogP contribution in [0.2, 0.25) is 18.1 Å². The first kappa shape index (κ1) is 17.7. The number of rotatable bonds is 8. The largest absolute Gasteiger partial charge is 0.414 e. The molecule has 0 amide bonds. The van der Waals surface area contributed by atoms with Crippen molar-refractivity contribution in [2.24, 2.45) is 0 Å². The molecule has 1 atom stereocenters. The molecule has 2 heteroatoms. The van der Waals surface area contributed by atoms with Gasteiger partial charge in [-0.2, -0.15) is 0 Å². The van der Waals surface area contributed by atoms with Gasteiger partial charge in [-0.1, -0.05) is 47.0 Å². The molecule has 0 heterocycles. The standard InChI is InChI=1S/C16H32OSi/c1-8-10-12-14-15(13-11-9-2)17-18(6,7)16(3,4)5/h2,15H,8,10-14H2,1,3-7H3. The molecule has 0 aromatic carbocycles. The lowest BCUT2D eigenvalue weighted by Gasteiger charge is -2.39. The highest BCUT2D eigenvalue weighted by atomic mass is 28.4. The van der Waals surface area contributed by atoms with Crippen molar-refractivity contribution in [3.05, 3.63) is 0 Å². The average molecular weight is 269 g/mol. The maximum absolute atomic E-state index is 6.49. The normalized spacial score (nSPS) is 14.3. The molecule has 18 heavy (non-hydrogen) atoms. The van der Waals surface area contributed by atoms with Crippen molar-refractivity contribution < 1.29 is 4.43 Å². The van der Waals surface area contributed by atoms with E-state index >= 15 is 0 Å². The third kappa shape index (κ3) is 6.61. The molecule has 0 saturated carbocycles.